The first kappa shape index (κ1) is 7.88. The van der Waals surface area contributed by atoms with Gasteiger partial charge in [-0.15, -0.1) is 0 Å². The maximum absolute atomic E-state index is 6.91. The first-order valence-corrected chi connectivity index (χ1v) is 2.51. The molecule has 0 fully saturated rings. The molecule has 1 N–H and O–H groups in total. The lowest BCUT2D eigenvalue weighted by Gasteiger charge is -1.93. The number of amidine groups is 1. The van der Waals surface area contributed by atoms with E-state index in [1.165, 1.54) is 7.11 Å². The summed E-state index contributed by atoms with van der Waals surface area (Å²) >= 11 is 0. The minimum absolute atomic E-state index is 0.0904. The standard InChI is InChI=1S/C6H10N2O/c1-4-5(2)8-6(7)9-3/h4,7H,1H2,2-3H3. The predicted molar refractivity (Wildman–Crippen MR) is 38.0 cm³/mol. The Bertz CT molecular complexity index is 149. The Labute approximate surface area is 54.6 Å². The Morgan fingerprint density at radius 3 is 2.67 bits per heavy atom. The SMILES string of the molecule is C=CC(C)=NC(=N)OC. The van der Waals surface area contributed by atoms with Crippen LogP contribution in [0.5, 0.6) is 0 Å². The number of allylic oxidation sites excluding steroid dienone is 1. The van der Waals surface area contributed by atoms with Crippen LogP contribution < -0.4 is 0 Å². The van der Waals surface area contributed by atoms with Gasteiger partial charge in [0.1, 0.15) is 0 Å². The summed E-state index contributed by atoms with van der Waals surface area (Å²) in [4.78, 5) is 3.67. The number of nitrogens with one attached hydrogen (secondary N) is 1. The number of hydrogen-bond donors (Lipinski definition) is 1. The summed E-state index contributed by atoms with van der Waals surface area (Å²) in [6, 6.07) is -0.0904. The molecule has 0 aliphatic carbocycles. The molecule has 0 spiro atoms. The Kier molecular flexibility index (Phi) is 3.35. The molecule has 9 heavy (non-hydrogen) atoms. The van der Waals surface area contributed by atoms with Crippen molar-refractivity contribution in [2.24, 2.45) is 4.99 Å². The van der Waals surface area contributed by atoms with Gasteiger partial charge in [-0.3, -0.25) is 0 Å². The van der Waals surface area contributed by atoms with Crippen molar-refractivity contribution in [2.75, 3.05) is 7.11 Å². The van der Waals surface area contributed by atoms with E-state index in [0.29, 0.717) is 5.71 Å². The minimum atomic E-state index is -0.0904. The van der Waals surface area contributed by atoms with Gasteiger partial charge in [0.2, 0.25) is 0 Å². The van der Waals surface area contributed by atoms with Gasteiger partial charge in [0, 0.05) is 5.71 Å². The zero-order valence-corrected chi connectivity index (χ0v) is 5.64. The highest BCUT2D eigenvalue weighted by Crippen LogP contribution is 1.81. The van der Waals surface area contributed by atoms with Gasteiger partial charge in [-0.1, -0.05) is 6.58 Å². The Hall–Kier alpha value is -1.12. The van der Waals surface area contributed by atoms with E-state index in [-0.39, 0.29) is 6.02 Å². The van der Waals surface area contributed by atoms with Crippen LogP contribution in [0.2, 0.25) is 0 Å². The van der Waals surface area contributed by atoms with Crippen LogP contribution in [0.4, 0.5) is 0 Å². The molecule has 0 saturated heterocycles. The second-order valence-corrected chi connectivity index (χ2v) is 1.47. The summed E-state index contributed by atoms with van der Waals surface area (Å²) in [7, 11) is 1.40. The van der Waals surface area contributed by atoms with Crippen LogP contribution in [-0.4, -0.2) is 18.8 Å². The summed E-state index contributed by atoms with van der Waals surface area (Å²) in [5.41, 5.74) is 0.682. The highest BCUT2D eigenvalue weighted by atomic mass is 16.5. The zero-order valence-electron chi connectivity index (χ0n) is 5.64. The first-order chi connectivity index (χ1) is 4.20. The second-order valence-electron chi connectivity index (χ2n) is 1.47. The van der Waals surface area contributed by atoms with Crippen LogP contribution in [0.15, 0.2) is 17.6 Å². The molecular weight excluding hydrogens is 116 g/mol. The van der Waals surface area contributed by atoms with Crippen molar-refractivity contribution in [1.82, 2.24) is 0 Å². The molecule has 0 amide bonds. The molecule has 0 heterocycles. The molecule has 0 aliphatic rings. The molecule has 0 aromatic heterocycles. The van der Waals surface area contributed by atoms with E-state index in [1.807, 2.05) is 0 Å². The molecule has 0 saturated carbocycles. The minimum Gasteiger partial charge on any atom is -0.467 e. The average Bonchev–Trinajstić information content (AvgIpc) is 1.87. The van der Waals surface area contributed by atoms with E-state index in [4.69, 9.17) is 5.41 Å². The number of rotatable bonds is 1. The van der Waals surface area contributed by atoms with Crippen molar-refractivity contribution in [1.29, 1.82) is 5.41 Å². The lowest BCUT2D eigenvalue weighted by molar-refractivity contribution is 0.393. The molecule has 0 rings (SSSR count). The largest absolute Gasteiger partial charge is 0.467 e. The third-order valence-corrected chi connectivity index (χ3v) is 0.767. The summed E-state index contributed by atoms with van der Waals surface area (Å²) in [5, 5.41) is 6.91. The summed E-state index contributed by atoms with van der Waals surface area (Å²) < 4.78 is 4.47. The Balaban J connectivity index is 3.94. The Morgan fingerprint density at radius 1 is 1.78 bits per heavy atom. The van der Waals surface area contributed by atoms with Gasteiger partial charge in [-0.05, 0) is 13.0 Å². The number of nitrogens with zero attached hydrogens (tertiary/aromatic N) is 1. The first-order valence-electron chi connectivity index (χ1n) is 2.51. The van der Waals surface area contributed by atoms with E-state index in [9.17, 15) is 0 Å². The molecule has 0 aromatic carbocycles. The van der Waals surface area contributed by atoms with E-state index >= 15 is 0 Å². The monoisotopic (exact) mass is 126 g/mol. The van der Waals surface area contributed by atoms with Crippen LogP contribution in [0.25, 0.3) is 0 Å². The normalized spacial score (nSPS) is 10.7. The molecule has 0 radical (unpaired) electrons. The number of hydrogen-bond acceptors (Lipinski definition) is 2. The van der Waals surface area contributed by atoms with Gasteiger partial charge >= 0.3 is 6.02 Å². The van der Waals surface area contributed by atoms with Gasteiger partial charge in [0.05, 0.1) is 7.11 Å². The Morgan fingerprint density at radius 2 is 2.33 bits per heavy atom. The maximum atomic E-state index is 6.91. The van der Waals surface area contributed by atoms with Gasteiger partial charge in [0.25, 0.3) is 0 Å². The predicted octanol–water partition coefficient (Wildman–Crippen LogP) is 1.21. The van der Waals surface area contributed by atoms with Crippen molar-refractivity contribution >= 4 is 11.7 Å². The molecule has 3 nitrogen and oxygen atoms in total. The molecule has 0 unspecified atom stereocenters. The lowest BCUT2D eigenvalue weighted by atomic mass is 10.4. The molecule has 0 aromatic rings. The maximum Gasteiger partial charge on any atom is 0.308 e. The highest BCUT2D eigenvalue weighted by molar-refractivity contribution is 5.99. The van der Waals surface area contributed by atoms with Crippen LogP contribution in [0.3, 0.4) is 0 Å². The van der Waals surface area contributed by atoms with Crippen molar-refractivity contribution in [2.45, 2.75) is 6.92 Å². The number of ether oxygens (including phenoxy) is 1. The highest BCUT2D eigenvalue weighted by Gasteiger charge is 1.87. The van der Waals surface area contributed by atoms with Crippen LogP contribution >= 0.6 is 0 Å². The zero-order chi connectivity index (χ0) is 7.28. The third kappa shape index (κ3) is 3.46. The molecular formula is C6H10N2O. The third-order valence-electron chi connectivity index (χ3n) is 0.767. The van der Waals surface area contributed by atoms with Gasteiger partial charge in [-0.2, -0.15) is 0 Å². The number of aliphatic imine (C=N–C) groups is 1. The quantitative estimate of drug-likeness (QED) is 0.416. The topological polar surface area (TPSA) is 45.4 Å². The van der Waals surface area contributed by atoms with E-state index < -0.39 is 0 Å². The molecule has 0 atom stereocenters. The van der Waals surface area contributed by atoms with Crippen molar-refractivity contribution in [3.8, 4) is 0 Å². The lowest BCUT2D eigenvalue weighted by Crippen LogP contribution is -1.97. The molecule has 0 aliphatic heterocycles. The van der Waals surface area contributed by atoms with E-state index in [1.54, 1.807) is 13.0 Å². The van der Waals surface area contributed by atoms with Crippen molar-refractivity contribution in [3.05, 3.63) is 12.7 Å². The van der Waals surface area contributed by atoms with Crippen LogP contribution in [0.1, 0.15) is 6.92 Å². The average molecular weight is 126 g/mol. The molecule has 3 heteroatoms. The summed E-state index contributed by atoms with van der Waals surface area (Å²) in [6.45, 7) is 5.22. The smallest absolute Gasteiger partial charge is 0.308 e. The number of methoxy groups -OCH3 is 1. The van der Waals surface area contributed by atoms with Gasteiger partial charge in [-0.25, -0.2) is 10.4 Å². The van der Waals surface area contributed by atoms with Crippen LogP contribution in [-0.2, 0) is 4.74 Å². The molecule has 0 bridgehead atoms. The summed E-state index contributed by atoms with van der Waals surface area (Å²) in [6.07, 6.45) is 1.56. The van der Waals surface area contributed by atoms with Crippen molar-refractivity contribution < 1.29 is 4.74 Å². The van der Waals surface area contributed by atoms with Crippen LogP contribution in [0, 0.1) is 5.41 Å². The van der Waals surface area contributed by atoms with Gasteiger partial charge in [0.15, 0.2) is 0 Å². The second kappa shape index (κ2) is 3.83. The fourth-order valence-corrected chi connectivity index (χ4v) is 0.251. The van der Waals surface area contributed by atoms with E-state index in [2.05, 4.69) is 16.3 Å². The summed E-state index contributed by atoms with van der Waals surface area (Å²) in [5.74, 6) is 0. The fraction of sp³-hybridized carbons (Fsp3) is 0.333. The fourth-order valence-electron chi connectivity index (χ4n) is 0.251. The van der Waals surface area contributed by atoms with Crippen molar-refractivity contribution in [3.63, 3.8) is 0 Å². The van der Waals surface area contributed by atoms with Gasteiger partial charge < -0.3 is 4.74 Å². The van der Waals surface area contributed by atoms with E-state index in [0.717, 1.165) is 0 Å². The molecule has 50 valence electrons.